The molecule has 0 spiro atoms. The monoisotopic (exact) mass is 542 g/mol. The number of ether oxygens (including phenoxy) is 1. The van der Waals surface area contributed by atoms with Crippen LogP contribution in [0.3, 0.4) is 0 Å². The molecule has 1 atom stereocenters. The molecule has 1 aromatic heterocycles. The molecule has 3 aromatic carbocycles. The average molecular weight is 543 g/mol. The summed E-state index contributed by atoms with van der Waals surface area (Å²) in [5.74, 6) is 2.15. The number of carbonyl (C=O) groups is 1. The molecule has 6 nitrogen and oxygen atoms in total. The molecule has 0 fully saturated rings. The Hall–Kier alpha value is -3.58. The molecule has 4 rings (SSSR count). The summed E-state index contributed by atoms with van der Waals surface area (Å²) in [6.45, 7) is 13.5. The molecule has 7 heteroatoms. The number of amides is 1. The molecule has 0 radical (unpaired) electrons. The maximum Gasteiger partial charge on any atom is 0.234 e. The van der Waals surface area contributed by atoms with Gasteiger partial charge in [-0.2, -0.15) is 0 Å². The highest BCUT2D eigenvalue weighted by Crippen LogP contribution is 2.31. The summed E-state index contributed by atoms with van der Waals surface area (Å²) in [5, 5.41) is 12.7. The van der Waals surface area contributed by atoms with Crippen LogP contribution in [0.1, 0.15) is 65.0 Å². The summed E-state index contributed by atoms with van der Waals surface area (Å²) in [6, 6.07) is 24.4. The van der Waals surface area contributed by atoms with Crippen LogP contribution in [0.2, 0.25) is 0 Å². The molecular formula is C32H38N4O2S. The molecule has 39 heavy (non-hydrogen) atoms. The number of anilines is 1. The second-order valence-corrected chi connectivity index (χ2v) is 11.6. The van der Waals surface area contributed by atoms with Gasteiger partial charge in [0.05, 0.1) is 12.4 Å². The van der Waals surface area contributed by atoms with Crippen molar-refractivity contribution in [1.29, 1.82) is 0 Å². The smallest absolute Gasteiger partial charge is 0.234 e. The summed E-state index contributed by atoms with van der Waals surface area (Å²) >= 11 is 1.36. The van der Waals surface area contributed by atoms with Gasteiger partial charge < -0.3 is 10.1 Å². The van der Waals surface area contributed by atoms with E-state index in [1.165, 1.54) is 22.9 Å². The first-order chi connectivity index (χ1) is 18.7. The lowest BCUT2D eigenvalue weighted by Gasteiger charge is -2.19. The molecule has 204 valence electrons. The van der Waals surface area contributed by atoms with E-state index in [2.05, 4.69) is 86.5 Å². The topological polar surface area (TPSA) is 69.0 Å². The Morgan fingerprint density at radius 2 is 1.62 bits per heavy atom. The first-order valence-corrected chi connectivity index (χ1v) is 14.5. The third-order valence-electron chi connectivity index (χ3n) is 6.76. The predicted octanol–water partition coefficient (Wildman–Crippen LogP) is 7.87. The number of thioether (sulfide) groups is 1. The predicted molar refractivity (Wildman–Crippen MR) is 161 cm³/mol. The molecule has 0 bridgehead atoms. The van der Waals surface area contributed by atoms with E-state index in [4.69, 9.17) is 4.74 Å². The van der Waals surface area contributed by atoms with Crippen LogP contribution < -0.4 is 10.1 Å². The Labute approximate surface area is 236 Å². The van der Waals surface area contributed by atoms with Crippen molar-refractivity contribution < 1.29 is 9.53 Å². The van der Waals surface area contributed by atoms with Crippen molar-refractivity contribution in [3.8, 4) is 22.8 Å². The van der Waals surface area contributed by atoms with Gasteiger partial charge in [-0.15, -0.1) is 10.2 Å². The van der Waals surface area contributed by atoms with Crippen LogP contribution in [0.15, 0.2) is 78.0 Å². The second-order valence-electron chi connectivity index (χ2n) is 10.7. The zero-order valence-corrected chi connectivity index (χ0v) is 24.5. The van der Waals surface area contributed by atoms with E-state index in [0.29, 0.717) is 17.7 Å². The normalized spacial score (nSPS) is 12.3. The molecule has 1 amide bonds. The van der Waals surface area contributed by atoms with Crippen LogP contribution in [-0.4, -0.2) is 33.0 Å². The quantitative estimate of drug-likeness (QED) is 0.207. The first-order valence-electron chi connectivity index (χ1n) is 13.5. The molecule has 0 aliphatic rings. The van der Waals surface area contributed by atoms with Gasteiger partial charge in [0.2, 0.25) is 5.91 Å². The summed E-state index contributed by atoms with van der Waals surface area (Å²) in [6.07, 6.45) is 1.08. The van der Waals surface area contributed by atoms with E-state index < -0.39 is 0 Å². The minimum Gasteiger partial charge on any atom is -0.494 e. The summed E-state index contributed by atoms with van der Waals surface area (Å²) < 4.78 is 7.63. The largest absolute Gasteiger partial charge is 0.494 e. The number of carbonyl (C=O) groups excluding carboxylic acids is 1. The highest BCUT2D eigenvalue weighted by Gasteiger charge is 2.19. The van der Waals surface area contributed by atoms with E-state index in [9.17, 15) is 4.79 Å². The second kappa shape index (κ2) is 12.5. The lowest BCUT2D eigenvalue weighted by atomic mass is 9.87. The maximum absolute atomic E-state index is 12.8. The minimum absolute atomic E-state index is 0.0598. The molecule has 0 unspecified atom stereocenters. The molecule has 1 heterocycles. The molecule has 1 N–H and O–H groups in total. The van der Waals surface area contributed by atoms with Crippen molar-refractivity contribution in [2.45, 2.75) is 64.5 Å². The van der Waals surface area contributed by atoms with E-state index in [0.717, 1.165) is 34.9 Å². The third kappa shape index (κ3) is 7.09. The summed E-state index contributed by atoms with van der Waals surface area (Å²) in [5.41, 5.74) is 5.24. The van der Waals surface area contributed by atoms with Gasteiger partial charge >= 0.3 is 0 Å². The Balaban J connectivity index is 1.56. The summed E-state index contributed by atoms with van der Waals surface area (Å²) in [7, 11) is 0. The summed E-state index contributed by atoms with van der Waals surface area (Å²) in [4.78, 5) is 12.8. The molecule has 0 aliphatic carbocycles. The van der Waals surface area contributed by atoms with Gasteiger partial charge in [-0.05, 0) is 72.2 Å². The number of aromatic nitrogens is 3. The maximum atomic E-state index is 12.8. The van der Waals surface area contributed by atoms with Crippen molar-refractivity contribution in [3.05, 3.63) is 83.9 Å². The number of benzene rings is 3. The Kier molecular flexibility index (Phi) is 9.12. The zero-order valence-electron chi connectivity index (χ0n) is 23.7. The third-order valence-corrected chi connectivity index (χ3v) is 7.69. The average Bonchev–Trinajstić information content (AvgIpc) is 3.36. The standard InChI is InChI=1S/C32H38N4O2S/c1-7-22(3)23-11-15-26(16-12-23)33-29(37)21-39-31-35-34-30(24-9-13-25(14-10-24)32(4,5)6)36(31)27-17-19-28(20-18-27)38-8-2/h9-20,22H,7-8,21H2,1-6H3,(H,33,37)/t22-/m0/s1. The number of hydrogen-bond acceptors (Lipinski definition) is 5. The fourth-order valence-electron chi connectivity index (χ4n) is 4.22. The first kappa shape index (κ1) is 28.4. The molecule has 0 saturated carbocycles. The van der Waals surface area contributed by atoms with Gasteiger partial charge in [0.1, 0.15) is 5.75 Å². The van der Waals surface area contributed by atoms with Crippen LogP contribution >= 0.6 is 11.8 Å². The highest BCUT2D eigenvalue weighted by molar-refractivity contribution is 7.99. The minimum atomic E-state index is -0.0892. The van der Waals surface area contributed by atoms with Crippen LogP contribution in [0, 0.1) is 0 Å². The highest BCUT2D eigenvalue weighted by atomic mass is 32.2. The van der Waals surface area contributed by atoms with Gasteiger partial charge in [-0.25, -0.2) is 0 Å². The number of rotatable bonds is 10. The lowest BCUT2D eigenvalue weighted by Crippen LogP contribution is -2.14. The Bertz CT molecular complexity index is 1370. The lowest BCUT2D eigenvalue weighted by molar-refractivity contribution is -0.113. The van der Waals surface area contributed by atoms with Gasteiger partial charge in [0.25, 0.3) is 0 Å². The van der Waals surface area contributed by atoms with Crippen LogP contribution in [-0.2, 0) is 10.2 Å². The van der Waals surface area contributed by atoms with Crippen LogP contribution in [0.4, 0.5) is 5.69 Å². The van der Waals surface area contributed by atoms with Gasteiger partial charge in [0.15, 0.2) is 11.0 Å². The van der Waals surface area contributed by atoms with Crippen molar-refractivity contribution in [2.24, 2.45) is 0 Å². The van der Waals surface area contributed by atoms with Crippen molar-refractivity contribution in [2.75, 3.05) is 17.7 Å². The number of nitrogens with one attached hydrogen (secondary N) is 1. The van der Waals surface area contributed by atoms with E-state index in [1.807, 2.05) is 47.9 Å². The van der Waals surface area contributed by atoms with Gasteiger partial charge in [-0.1, -0.05) is 82.8 Å². The van der Waals surface area contributed by atoms with Crippen molar-refractivity contribution >= 4 is 23.4 Å². The van der Waals surface area contributed by atoms with Crippen LogP contribution in [0.25, 0.3) is 17.1 Å². The van der Waals surface area contributed by atoms with Gasteiger partial charge in [-0.3, -0.25) is 9.36 Å². The fourth-order valence-corrected chi connectivity index (χ4v) is 4.97. The molecule has 0 aliphatic heterocycles. The fraction of sp³-hybridized carbons (Fsp3) is 0.344. The van der Waals surface area contributed by atoms with E-state index in [1.54, 1.807) is 0 Å². The van der Waals surface area contributed by atoms with Crippen molar-refractivity contribution in [1.82, 2.24) is 14.8 Å². The zero-order chi connectivity index (χ0) is 28.0. The number of nitrogens with zero attached hydrogens (tertiary/aromatic N) is 3. The Morgan fingerprint density at radius 1 is 0.949 bits per heavy atom. The van der Waals surface area contributed by atoms with Gasteiger partial charge in [0, 0.05) is 16.9 Å². The number of hydrogen-bond donors (Lipinski definition) is 1. The van der Waals surface area contributed by atoms with Crippen LogP contribution in [0.5, 0.6) is 5.75 Å². The SMILES string of the molecule is CCOc1ccc(-n2c(SCC(=O)Nc3ccc([C@@H](C)CC)cc3)nnc2-c2ccc(C(C)(C)C)cc2)cc1. The molecule has 4 aromatic rings. The van der Waals surface area contributed by atoms with E-state index in [-0.39, 0.29) is 17.1 Å². The van der Waals surface area contributed by atoms with Crippen molar-refractivity contribution in [3.63, 3.8) is 0 Å². The van der Waals surface area contributed by atoms with E-state index >= 15 is 0 Å². The molecule has 0 saturated heterocycles. The molecular weight excluding hydrogens is 504 g/mol. The Morgan fingerprint density at radius 3 is 2.21 bits per heavy atom.